The van der Waals surface area contributed by atoms with Gasteiger partial charge in [0.25, 0.3) is 0 Å². The second-order valence-corrected chi connectivity index (χ2v) is 10.9. The molecule has 3 nitrogen and oxygen atoms in total. The molecule has 0 radical (unpaired) electrons. The van der Waals surface area contributed by atoms with E-state index in [4.69, 9.17) is 9.47 Å². The van der Waals surface area contributed by atoms with Crippen molar-refractivity contribution in [1.29, 1.82) is 0 Å². The minimum atomic E-state index is -0.00748. The Morgan fingerprint density at radius 2 is 1.93 bits per heavy atom. The minimum absolute atomic E-state index is 0.00748. The molecule has 1 saturated heterocycles. The highest BCUT2D eigenvalue weighted by Gasteiger charge is 2.62. The van der Waals surface area contributed by atoms with Crippen LogP contribution in [-0.4, -0.2) is 18.2 Å². The van der Waals surface area contributed by atoms with E-state index in [9.17, 15) is 4.79 Å². The first-order valence-corrected chi connectivity index (χ1v) is 12.2. The Bertz CT molecular complexity index is 714. The smallest absolute Gasteiger partial charge is 0.306 e. The van der Waals surface area contributed by atoms with Crippen molar-refractivity contribution in [3.8, 4) is 0 Å². The van der Waals surface area contributed by atoms with Gasteiger partial charge in [0.2, 0.25) is 0 Å². The molecule has 1 aromatic carbocycles. The van der Waals surface area contributed by atoms with E-state index in [2.05, 4.69) is 52.0 Å². The molecule has 2 saturated carbocycles. The largest absolute Gasteiger partial charge is 0.462 e. The maximum absolute atomic E-state index is 12.5. The number of esters is 1. The van der Waals surface area contributed by atoms with Gasteiger partial charge in [0.15, 0.2) is 0 Å². The lowest BCUT2D eigenvalue weighted by molar-refractivity contribution is -0.181. The van der Waals surface area contributed by atoms with E-state index in [0.29, 0.717) is 36.7 Å². The van der Waals surface area contributed by atoms with E-state index in [-0.39, 0.29) is 23.6 Å². The van der Waals surface area contributed by atoms with Crippen molar-refractivity contribution in [2.24, 2.45) is 35.0 Å². The fraction of sp³-hybridized carbons (Fsp3) is 0.741. The molecule has 4 rings (SSSR count). The summed E-state index contributed by atoms with van der Waals surface area (Å²) in [5.41, 5.74) is 1.49. The molecule has 0 N–H and O–H groups in total. The van der Waals surface area contributed by atoms with E-state index in [1.807, 2.05) is 6.07 Å². The first-order valence-electron chi connectivity index (χ1n) is 12.2. The van der Waals surface area contributed by atoms with Crippen molar-refractivity contribution in [2.75, 3.05) is 0 Å². The predicted octanol–water partition coefficient (Wildman–Crippen LogP) is 6.40. The maximum Gasteiger partial charge on any atom is 0.306 e. The molecule has 0 spiro atoms. The van der Waals surface area contributed by atoms with E-state index < -0.39 is 0 Å². The molecule has 1 heterocycles. The van der Waals surface area contributed by atoms with Crippen LogP contribution in [0, 0.1) is 35.0 Å². The van der Waals surface area contributed by atoms with E-state index >= 15 is 0 Å². The second-order valence-electron chi connectivity index (χ2n) is 10.9. The summed E-state index contributed by atoms with van der Waals surface area (Å²) >= 11 is 0. The average molecular weight is 413 g/mol. The van der Waals surface area contributed by atoms with Gasteiger partial charge in [-0.15, -0.1) is 0 Å². The Kier molecular flexibility index (Phi) is 6.58. The molecule has 1 aromatic rings. The van der Waals surface area contributed by atoms with Gasteiger partial charge in [-0.2, -0.15) is 0 Å². The number of ether oxygens (including phenoxy) is 2. The molecular formula is C27H40O3. The van der Waals surface area contributed by atoms with Gasteiger partial charge in [-0.1, -0.05) is 77.3 Å². The van der Waals surface area contributed by atoms with Crippen LogP contribution in [-0.2, 0) is 20.9 Å². The summed E-state index contributed by atoms with van der Waals surface area (Å²) in [5, 5.41) is 0. The summed E-state index contributed by atoms with van der Waals surface area (Å²) in [7, 11) is 0. The van der Waals surface area contributed by atoms with Crippen molar-refractivity contribution in [3.05, 3.63) is 35.9 Å². The molecule has 0 amide bonds. The molecular weight excluding hydrogens is 372 g/mol. The van der Waals surface area contributed by atoms with Crippen LogP contribution in [0.2, 0.25) is 0 Å². The summed E-state index contributed by atoms with van der Waals surface area (Å²) in [6.07, 6.45) is 8.05. The molecule has 2 aliphatic carbocycles. The van der Waals surface area contributed by atoms with Gasteiger partial charge in [-0.3, -0.25) is 4.79 Å². The first kappa shape index (κ1) is 21.9. The molecule has 0 aromatic heterocycles. The van der Waals surface area contributed by atoms with Gasteiger partial charge in [0, 0.05) is 11.8 Å². The first-order chi connectivity index (χ1) is 14.4. The highest BCUT2D eigenvalue weighted by molar-refractivity contribution is 5.71. The molecule has 3 heteroatoms. The molecule has 3 aliphatic rings. The van der Waals surface area contributed by atoms with E-state index in [0.717, 1.165) is 18.8 Å². The van der Waals surface area contributed by atoms with Crippen LogP contribution in [0.3, 0.4) is 0 Å². The third-order valence-corrected chi connectivity index (χ3v) is 8.52. The van der Waals surface area contributed by atoms with Crippen molar-refractivity contribution >= 4 is 5.97 Å². The quantitative estimate of drug-likeness (QED) is 0.463. The van der Waals surface area contributed by atoms with Crippen molar-refractivity contribution in [1.82, 2.24) is 0 Å². The fourth-order valence-electron chi connectivity index (χ4n) is 7.06. The second kappa shape index (κ2) is 9.02. The number of carbonyl (C=O) groups is 1. The summed E-state index contributed by atoms with van der Waals surface area (Å²) in [6, 6.07) is 10.4. The van der Waals surface area contributed by atoms with Crippen LogP contribution < -0.4 is 0 Å². The van der Waals surface area contributed by atoms with Gasteiger partial charge in [0.1, 0.15) is 6.10 Å². The molecule has 30 heavy (non-hydrogen) atoms. The van der Waals surface area contributed by atoms with Gasteiger partial charge in [-0.25, -0.2) is 0 Å². The monoisotopic (exact) mass is 412 g/mol. The van der Waals surface area contributed by atoms with Crippen LogP contribution in [0.4, 0.5) is 0 Å². The van der Waals surface area contributed by atoms with Crippen LogP contribution in [0.5, 0.6) is 0 Å². The Morgan fingerprint density at radius 3 is 2.67 bits per heavy atom. The highest BCUT2D eigenvalue weighted by atomic mass is 16.5. The van der Waals surface area contributed by atoms with Crippen molar-refractivity contribution in [2.45, 2.75) is 91.5 Å². The average Bonchev–Trinajstić information content (AvgIpc) is 3.01. The molecule has 166 valence electrons. The normalized spacial score (nSPS) is 36.4. The summed E-state index contributed by atoms with van der Waals surface area (Å²) < 4.78 is 12.4. The minimum Gasteiger partial charge on any atom is -0.462 e. The molecule has 3 fully saturated rings. The van der Waals surface area contributed by atoms with Crippen LogP contribution in [0.25, 0.3) is 0 Å². The zero-order valence-corrected chi connectivity index (χ0v) is 19.3. The Balaban J connectivity index is 1.47. The topological polar surface area (TPSA) is 35.5 Å². The number of carbonyl (C=O) groups excluding carboxylic acids is 1. The van der Waals surface area contributed by atoms with Gasteiger partial charge in [0.05, 0.1) is 19.1 Å². The summed E-state index contributed by atoms with van der Waals surface area (Å²) in [4.78, 5) is 12.5. The number of rotatable bonds is 8. The number of hydrogen-bond acceptors (Lipinski definition) is 3. The fourth-order valence-corrected chi connectivity index (χ4v) is 7.06. The molecule has 7 atom stereocenters. The van der Waals surface area contributed by atoms with E-state index in [1.54, 1.807) is 0 Å². The maximum atomic E-state index is 12.5. The third-order valence-electron chi connectivity index (χ3n) is 8.52. The Morgan fingerprint density at radius 1 is 1.17 bits per heavy atom. The Labute approximate surface area is 182 Å². The summed E-state index contributed by atoms with van der Waals surface area (Å²) in [6.45, 7) is 10.2. The number of hydrogen-bond donors (Lipinski definition) is 0. The Hall–Kier alpha value is -1.35. The van der Waals surface area contributed by atoms with Gasteiger partial charge >= 0.3 is 5.97 Å². The molecule has 0 unspecified atom stereocenters. The lowest BCUT2D eigenvalue weighted by Crippen LogP contribution is -2.52. The van der Waals surface area contributed by atoms with Crippen molar-refractivity contribution in [3.63, 3.8) is 0 Å². The lowest BCUT2D eigenvalue weighted by Gasteiger charge is -2.51. The standard InChI is InChI=1S/C27H40O3/c1-18(2)9-8-10-19(3)22-16-24-26-21(15-25(28)30-24)23(13-14-27(22,26)4)29-17-20-11-6-5-7-12-20/h5-7,11-12,18-19,21-24,26H,8-10,13-17H2,1-4H3/t19-,21-,22-,23-,24-,26+,27-/m1/s1. The van der Waals surface area contributed by atoms with Crippen molar-refractivity contribution < 1.29 is 14.3 Å². The zero-order chi connectivity index (χ0) is 21.3. The van der Waals surface area contributed by atoms with Crippen LogP contribution in [0.1, 0.15) is 78.2 Å². The zero-order valence-electron chi connectivity index (χ0n) is 19.3. The van der Waals surface area contributed by atoms with Gasteiger partial charge < -0.3 is 9.47 Å². The van der Waals surface area contributed by atoms with E-state index in [1.165, 1.54) is 31.2 Å². The lowest BCUT2D eigenvalue weighted by atomic mass is 9.57. The SMILES string of the molecule is CC(C)CCC[C@@H](C)[C@H]1C[C@H]2OC(=O)C[C@H]3[C@@H]2[C@]1(C)CC[C@H]3OCc1ccccc1. The predicted molar refractivity (Wildman–Crippen MR) is 120 cm³/mol. The molecule has 0 bridgehead atoms. The summed E-state index contributed by atoms with van der Waals surface area (Å²) in [5.74, 6) is 2.89. The van der Waals surface area contributed by atoms with Gasteiger partial charge in [-0.05, 0) is 48.0 Å². The van der Waals surface area contributed by atoms with Crippen LogP contribution in [0.15, 0.2) is 30.3 Å². The van der Waals surface area contributed by atoms with Crippen LogP contribution >= 0.6 is 0 Å². The molecule has 1 aliphatic heterocycles. The highest BCUT2D eigenvalue weighted by Crippen LogP contribution is 2.63. The third kappa shape index (κ3) is 4.33. The number of benzene rings is 1.